The Hall–Kier alpha value is -2.23. The number of aliphatic imine (C=N–C) groups is 1. The highest BCUT2D eigenvalue weighted by Crippen LogP contribution is 2.47. The van der Waals surface area contributed by atoms with E-state index in [0.29, 0.717) is 6.54 Å². The molecule has 3 rings (SSSR count). The molecule has 1 fully saturated rings. The Morgan fingerprint density at radius 2 is 1.95 bits per heavy atom. The van der Waals surface area contributed by atoms with Crippen LogP contribution in [0, 0.1) is 0 Å². The highest BCUT2D eigenvalue weighted by Gasteiger charge is 2.43. The SMILES string of the molecule is CN=C(NCc1ccco1)NCC1(c2ccccc2)CC1. The molecule has 2 N–H and O–H groups in total. The second kappa shape index (κ2) is 6.04. The van der Waals surface area contributed by atoms with Crippen LogP contribution < -0.4 is 10.6 Å². The molecule has 4 heteroatoms. The first kappa shape index (κ1) is 13.7. The van der Waals surface area contributed by atoms with Gasteiger partial charge < -0.3 is 15.1 Å². The van der Waals surface area contributed by atoms with E-state index in [2.05, 4.69) is 46.0 Å². The Labute approximate surface area is 125 Å². The maximum atomic E-state index is 5.31. The van der Waals surface area contributed by atoms with Crippen LogP contribution in [0.4, 0.5) is 0 Å². The summed E-state index contributed by atoms with van der Waals surface area (Å²) in [5.74, 6) is 1.72. The third-order valence-electron chi connectivity index (χ3n) is 4.07. The molecule has 1 aliphatic rings. The van der Waals surface area contributed by atoms with Crippen molar-refractivity contribution in [1.29, 1.82) is 0 Å². The van der Waals surface area contributed by atoms with E-state index < -0.39 is 0 Å². The van der Waals surface area contributed by atoms with Crippen molar-refractivity contribution in [2.75, 3.05) is 13.6 Å². The summed E-state index contributed by atoms with van der Waals surface area (Å²) in [6, 6.07) is 14.6. The zero-order chi connectivity index (χ0) is 14.5. The molecule has 1 aromatic heterocycles. The molecule has 0 amide bonds. The monoisotopic (exact) mass is 283 g/mol. The summed E-state index contributed by atoms with van der Waals surface area (Å²) < 4.78 is 5.31. The molecule has 1 heterocycles. The maximum absolute atomic E-state index is 5.31. The largest absolute Gasteiger partial charge is 0.467 e. The van der Waals surface area contributed by atoms with Gasteiger partial charge >= 0.3 is 0 Å². The van der Waals surface area contributed by atoms with Crippen molar-refractivity contribution in [3.05, 3.63) is 60.1 Å². The molecule has 110 valence electrons. The number of nitrogens with zero attached hydrogens (tertiary/aromatic N) is 1. The van der Waals surface area contributed by atoms with Gasteiger partial charge in [-0.3, -0.25) is 4.99 Å². The summed E-state index contributed by atoms with van der Waals surface area (Å²) in [7, 11) is 1.79. The highest BCUT2D eigenvalue weighted by atomic mass is 16.3. The Balaban J connectivity index is 1.54. The molecule has 0 saturated heterocycles. The predicted octanol–water partition coefficient (Wildman–Crippen LogP) is 2.68. The van der Waals surface area contributed by atoms with E-state index in [-0.39, 0.29) is 5.41 Å². The zero-order valence-electron chi connectivity index (χ0n) is 12.3. The van der Waals surface area contributed by atoms with Crippen LogP contribution in [0.3, 0.4) is 0 Å². The van der Waals surface area contributed by atoms with E-state index in [0.717, 1.165) is 18.3 Å². The molecule has 0 unspecified atom stereocenters. The average molecular weight is 283 g/mol. The predicted molar refractivity (Wildman–Crippen MR) is 84.3 cm³/mol. The number of benzene rings is 1. The third-order valence-corrected chi connectivity index (χ3v) is 4.07. The summed E-state index contributed by atoms with van der Waals surface area (Å²) in [4.78, 5) is 4.26. The van der Waals surface area contributed by atoms with Crippen LogP contribution >= 0.6 is 0 Å². The van der Waals surface area contributed by atoms with Crippen molar-refractivity contribution in [2.45, 2.75) is 24.8 Å². The Kier molecular flexibility index (Phi) is 3.95. The smallest absolute Gasteiger partial charge is 0.191 e. The summed E-state index contributed by atoms with van der Waals surface area (Å²) in [5.41, 5.74) is 1.70. The van der Waals surface area contributed by atoms with Crippen molar-refractivity contribution in [1.82, 2.24) is 10.6 Å². The minimum Gasteiger partial charge on any atom is -0.467 e. The van der Waals surface area contributed by atoms with Gasteiger partial charge in [0.15, 0.2) is 5.96 Å². The van der Waals surface area contributed by atoms with E-state index in [1.54, 1.807) is 13.3 Å². The Bertz CT molecular complexity index is 586. The average Bonchev–Trinajstić information content (AvgIpc) is 3.15. The fraction of sp³-hybridized carbons (Fsp3) is 0.353. The van der Waals surface area contributed by atoms with E-state index in [1.165, 1.54) is 18.4 Å². The van der Waals surface area contributed by atoms with Crippen molar-refractivity contribution in [3.8, 4) is 0 Å². The molecule has 2 aromatic rings. The Morgan fingerprint density at radius 1 is 1.14 bits per heavy atom. The van der Waals surface area contributed by atoms with Gasteiger partial charge in [-0.1, -0.05) is 30.3 Å². The van der Waals surface area contributed by atoms with E-state index in [9.17, 15) is 0 Å². The Morgan fingerprint density at radius 3 is 2.57 bits per heavy atom. The number of nitrogens with one attached hydrogen (secondary N) is 2. The topological polar surface area (TPSA) is 49.6 Å². The second-order valence-corrected chi connectivity index (χ2v) is 5.51. The van der Waals surface area contributed by atoms with E-state index >= 15 is 0 Å². The van der Waals surface area contributed by atoms with Crippen LogP contribution in [0.25, 0.3) is 0 Å². The van der Waals surface area contributed by atoms with Gasteiger partial charge in [-0.25, -0.2) is 0 Å². The van der Waals surface area contributed by atoms with E-state index in [1.807, 2.05) is 12.1 Å². The van der Waals surface area contributed by atoms with Crippen LogP contribution in [-0.2, 0) is 12.0 Å². The number of furan rings is 1. The van der Waals surface area contributed by atoms with Gasteiger partial charge in [0.2, 0.25) is 0 Å². The van der Waals surface area contributed by atoms with Gasteiger partial charge in [0.05, 0.1) is 12.8 Å². The quantitative estimate of drug-likeness (QED) is 0.655. The van der Waals surface area contributed by atoms with Crippen LogP contribution in [0.2, 0.25) is 0 Å². The lowest BCUT2D eigenvalue weighted by atomic mass is 9.96. The van der Waals surface area contributed by atoms with Crippen LogP contribution in [0.5, 0.6) is 0 Å². The van der Waals surface area contributed by atoms with Gasteiger partial charge in [0.1, 0.15) is 5.76 Å². The molecule has 0 radical (unpaired) electrons. The summed E-state index contributed by atoms with van der Waals surface area (Å²) in [5, 5.41) is 6.70. The van der Waals surface area contributed by atoms with Crippen LogP contribution in [-0.4, -0.2) is 19.6 Å². The maximum Gasteiger partial charge on any atom is 0.191 e. The summed E-state index contributed by atoms with van der Waals surface area (Å²) in [6.45, 7) is 1.56. The summed E-state index contributed by atoms with van der Waals surface area (Å²) >= 11 is 0. The first-order valence-corrected chi connectivity index (χ1v) is 7.35. The molecule has 1 saturated carbocycles. The van der Waals surface area contributed by atoms with Crippen molar-refractivity contribution in [2.24, 2.45) is 4.99 Å². The number of hydrogen-bond acceptors (Lipinski definition) is 2. The minimum absolute atomic E-state index is 0.281. The van der Waals surface area contributed by atoms with Crippen molar-refractivity contribution < 1.29 is 4.42 Å². The van der Waals surface area contributed by atoms with Gasteiger partial charge in [-0.2, -0.15) is 0 Å². The molecule has 4 nitrogen and oxygen atoms in total. The van der Waals surface area contributed by atoms with Crippen LogP contribution in [0.15, 0.2) is 58.1 Å². The third kappa shape index (κ3) is 3.27. The van der Waals surface area contributed by atoms with Crippen molar-refractivity contribution >= 4 is 5.96 Å². The first-order chi connectivity index (χ1) is 10.3. The lowest BCUT2D eigenvalue weighted by Crippen LogP contribution is -2.40. The van der Waals surface area contributed by atoms with E-state index in [4.69, 9.17) is 4.42 Å². The van der Waals surface area contributed by atoms with Gasteiger partial charge in [0.25, 0.3) is 0 Å². The highest BCUT2D eigenvalue weighted by molar-refractivity contribution is 5.79. The van der Waals surface area contributed by atoms with Crippen molar-refractivity contribution in [3.63, 3.8) is 0 Å². The number of rotatable bonds is 5. The standard InChI is InChI=1S/C17H21N3O/c1-18-16(19-12-15-8-5-11-21-15)20-13-17(9-10-17)14-6-3-2-4-7-14/h2-8,11H,9-10,12-13H2,1H3,(H2,18,19,20). The molecule has 1 aliphatic carbocycles. The molecular formula is C17H21N3O. The number of hydrogen-bond donors (Lipinski definition) is 2. The van der Waals surface area contributed by atoms with Gasteiger partial charge in [0, 0.05) is 19.0 Å². The fourth-order valence-electron chi connectivity index (χ4n) is 2.57. The lowest BCUT2D eigenvalue weighted by Gasteiger charge is -2.18. The molecule has 1 aromatic carbocycles. The molecule has 0 atom stereocenters. The molecule has 0 aliphatic heterocycles. The number of guanidine groups is 1. The molecular weight excluding hydrogens is 262 g/mol. The first-order valence-electron chi connectivity index (χ1n) is 7.35. The van der Waals surface area contributed by atoms with Gasteiger partial charge in [-0.15, -0.1) is 0 Å². The summed E-state index contributed by atoms with van der Waals surface area (Å²) in [6.07, 6.45) is 4.15. The second-order valence-electron chi connectivity index (χ2n) is 5.51. The normalized spacial score (nSPS) is 16.5. The fourth-order valence-corrected chi connectivity index (χ4v) is 2.57. The lowest BCUT2D eigenvalue weighted by molar-refractivity contribution is 0.501. The van der Waals surface area contributed by atoms with Gasteiger partial charge in [-0.05, 0) is 30.5 Å². The molecule has 21 heavy (non-hydrogen) atoms. The molecule has 0 bridgehead atoms. The molecule has 0 spiro atoms. The minimum atomic E-state index is 0.281. The zero-order valence-corrected chi connectivity index (χ0v) is 12.3. The van der Waals surface area contributed by atoms with Crippen LogP contribution in [0.1, 0.15) is 24.2 Å².